The van der Waals surface area contributed by atoms with E-state index in [9.17, 15) is 13.2 Å². The van der Waals surface area contributed by atoms with E-state index in [0.717, 1.165) is 0 Å². The summed E-state index contributed by atoms with van der Waals surface area (Å²) in [5, 5.41) is 7.47. The normalized spacial score (nSPS) is 12.7. The van der Waals surface area contributed by atoms with Gasteiger partial charge in [0.25, 0.3) is 0 Å². The number of carbonyl (C=O) groups is 1. The van der Waals surface area contributed by atoms with E-state index in [1.165, 1.54) is 0 Å². The second-order valence-electron chi connectivity index (χ2n) is 4.48. The van der Waals surface area contributed by atoms with Gasteiger partial charge in [0.05, 0.1) is 6.10 Å². The molecule has 0 saturated heterocycles. The van der Waals surface area contributed by atoms with E-state index in [2.05, 4.69) is 9.46 Å². The molecule has 1 amide bonds. The highest BCUT2D eigenvalue weighted by molar-refractivity contribution is 7.88. The molecule has 0 aromatic heterocycles. The molecule has 1 aromatic carbocycles. The second-order valence-corrected chi connectivity index (χ2v) is 5.92. The summed E-state index contributed by atoms with van der Waals surface area (Å²) in [5.41, 5.74) is 5.88. The maximum absolute atomic E-state index is 11.8. The smallest absolute Gasteiger partial charge is 0.422 e. The molecular weight excluding hydrogens is 296 g/mol. The Labute approximate surface area is 123 Å². The Hall–Kier alpha value is -2.13. The molecule has 0 aliphatic heterocycles. The predicted octanol–water partition coefficient (Wildman–Crippen LogP) is 0.633. The van der Waals surface area contributed by atoms with E-state index in [-0.39, 0.29) is 0 Å². The number of rotatable bonds is 6. The summed E-state index contributed by atoms with van der Waals surface area (Å²) in [6.45, 7) is 3.17. The van der Waals surface area contributed by atoms with Gasteiger partial charge in [-0.05, 0) is 19.4 Å². The van der Waals surface area contributed by atoms with Gasteiger partial charge in [0.1, 0.15) is 11.9 Å². The van der Waals surface area contributed by atoms with Gasteiger partial charge in [-0.1, -0.05) is 30.3 Å². The average Bonchev–Trinajstić information content (AvgIpc) is 2.35. The summed E-state index contributed by atoms with van der Waals surface area (Å²) in [6, 6.07) is 7.26. The Bertz CT molecular complexity index is 601. The Morgan fingerprint density at radius 1 is 1.29 bits per heavy atom. The minimum absolute atomic E-state index is 0.399. The lowest BCUT2D eigenvalue weighted by molar-refractivity contribution is 0.121. The number of hydrogen-bond donors (Lipinski definition) is 4. The van der Waals surface area contributed by atoms with Crippen molar-refractivity contribution in [3.8, 4) is 0 Å². The van der Waals surface area contributed by atoms with Crippen LogP contribution in [0.5, 0.6) is 0 Å². The Morgan fingerprint density at radius 3 is 2.33 bits per heavy atom. The van der Waals surface area contributed by atoms with Gasteiger partial charge in [-0.2, -0.15) is 13.1 Å². The van der Waals surface area contributed by atoms with Crippen molar-refractivity contribution in [1.29, 1.82) is 5.41 Å². The molecule has 0 aliphatic carbocycles. The summed E-state index contributed by atoms with van der Waals surface area (Å²) in [7, 11) is -4.21. The second kappa shape index (κ2) is 7.04. The number of ether oxygens (including phenoxy) is 1. The van der Waals surface area contributed by atoms with Crippen LogP contribution in [0.25, 0.3) is 0 Å². The first-order chi connectivity index (χ1) is 9.71. The van der Waals surface area contributed by atoms with E-state index in [1.54, 1.807) is 48.9 Å². The first kappa shape index (κ1) is 16.9. The zero-order valence-electron chi connectivity index (χ0n) is 11.7. The zero-order valence-corrected chi connectivity index (χ0v) is 12.5. The molecule has 0 aliphatic rings. The van der Waals surface area contributed by atoms with Crippen molar-refractivity contribution in [2.24, 2.45) is 5.73 Å². The predicted molar refractivity (Wildman–Crippen MR) is 77.9 cm³/mol. The van der Waals surface area contributed by atoms with Gasteiger partial charge in [-0.25, -0.2) is 9.52 Å². The fraction of sp³-hybridized carbons (Fsp3) is 0.333. The van der Waals surface area contributed by atoms with Crippen molar-refractivity contribution in [1.82, 2.24) is 9.44 Å². The molecular formula is C12H18N4O4S. The minimum atomic E-state index is -4.21. The van der Waals surface area contributed by atoms with Crippen LogP contribution in [-0.2, 0) is 14.9 Å². The van der Waals surface area contributed by atoms with Crippen molar-refractivity contribution < 1.29 is 17.9 Å². The van der Waals surface area contributed by atoms with Crippen molar-refractivity contribution in [3.05, 3.63) is 35.9 Å². The third-order valence-corrected chi connectivity index (χ3v) is 3.26. The van der Waals surface area contributed by atoms with Gasteiger partial charge in [-0.3, -0.25) is 5.41 Å². The highest BCUT2D eigenvalue weighted by atomic mass is 32.2. The molecule has 21 heavy (non-hydrogen) atoms. The Balaban J connectivity index is 2.84. The summed E-state index contributed by atoms with van der Waals surface area (Å²) in [5.74, 6) is -0.399. The van der Waals surface area contributed by atoms with Crippen molar-refractivity contribution in [2.45, 2.75) is 26.0 Å². The lowest BCUT2D eigenvalue weighted by atomic mass is 10.1. The fourth-order valence-corrected chi connectivity index (χ4v) is 2.39. The van der Waals surface area contributed by atoms with Gasteiger partial charge < -0.3 is 10.5 Å². The summed E-state index contributed by atoms with van der Waals surface area (Å²) < 4.78 is 32.2. The molecule has 1 aromatic rings. The van der Waals surface area contributed by atoms with Crippen LogP contribution in [0, 0.1) is 5.41 Å². The van der Waals surface area contributed by atoms with E-state index < -0.39 is 34.3 Å². The van der Waals surface area contributed by atoms with E-state index in [4.69, 9.17) is 11.1 Å². The van der Waals surface area contributed by atoms with Crippen LogP contribution in [0.2, 0.25) is 0 Å². The summed E-state index contributed by atoms with van der Waals surface area (Å²) >= 11 is 0. The average molecular weight is 314 g/mol. The van der Waals surface area contributed by atoms with Crippen molar-refractivity contribution in [3.63, 3.8) is 0 Å². The first-order valence-electron chi connectivity index (χ1n) is 6.11. The lowest BCUT2D eigenvalue weighted by Gasteiger charge is -2.18. The van der Waals surface area contributed by atoms with Crippen LogP contribution in [0.15, 0.2) is 30.3 Å². The first-order valence-corrected chi connectivity index (χ1v) is 7.59. The number of carbonyl (C=O) groups excluding carboxylic acids is 1. The zero-order chi connectivity index (χ0) is 16.0. The third-order valence-electron chi connectivity index (χ3n) is 2.28. The third kappa shape index (κ3) is 5.79. The number of amides is 1. The van der Waals surface area contributed by atoms with Crippen LogP contribution in [0.1, 0.15) is 25.5 Å². The largest absolute Gasteiger partial charge is 0.446 e. The number of nitrogens with one attached hydrogen (secondary N) is 3. The summed E-state index contributed by atoms with van der Waals surface area (Å²) in [4.78, 5) is 11.3. The number of nitrogens with two attached hydrogens (primary N) is 1. The lowest BCUT2D eigenvalue weighted by Crippen LogP contribution is -2.45. The minimum Gasteiger partial charge on any atom is -0.446 e. The van der Waals surface area contributed by atoms with E-state index in [0.29, 0.717) is 5.56 Å². The molecule has 0 spiro atoms. The highest BCUT2D eigenvalue weighted by Gasteiger charge is 2.24. The molecule has 0 heterocycles. The van der Waals surface area contributed by atoms with E-state index in [1.807, 2.05) is 0 Å². The molecule has 1 atom stereocenters. The number of benzene rings is 1. The topological polar surface area (TPSA) is 134 Å². The van der Waals surface area contributed by atoms with Gasteiger partial charge >= 0.3 is 16.3 Å². The molecule has 0 fully saturated rings. The number of amidine groups is 1. The van der Waals surface area contributed by atoms with E-state index >= 15 is 0 Å². The molecule has 0 radical (unpaired) electrons. The van der Waals surface area contributed by atoms with Crippen LogP contribution in [0.4, 0.5) is 4.79 Å². The van der Waals surface area contributed by atoms with Crippen LogP contribution in [-0.4, -0.2) is 26.5 Å². The Kier molecular flexibility index (Phi) is 5.68. The molecule has 0 bridgehead atoms. The van der Waals surface area contributed by atoms with Crippen molar-refractivity contribution in [2.75, 3.05) is 0 Å². The van der Waals surface area contributed by atoms with Crippen molar-refractivity contribution >= 4 is 22.1 Å². The highest BCUT2D eigenvalue weighted by Crippen LogP contribution is 2.12. The van der Waals surface area contributed by atoms with Crippen LogP contribution < -0.4 is 15.2 Å². The fourth-order valence-electron chi connectivity index (χ4n) is 1.49. The van der Waals surface area contributed by atoms with Crippen LogP contribution in [0.3, 0.4) is 0 Å². The molecule has 9 heteroatoms. The molecule has 5 N–H and O–H groups in total. The maximum Gasteiger partial charge on any atom is 0.422 e. The SMILES string of the molecule is CC(C)OC(=O)NS(=O)(=O)NC(C(=N)N)c1ccccc1. The maximum atomic E-state index is 11.8. The molecule has 1 rings (SSSR count). The van der Waals surface area contributed by atoms with Crippen LogP contribution >= 0.6 is 0 Å². The molecule has 0 saturated carbocycles. The van der Waals surface area contributed by atoms with Gasteiger partial charge in [-0.15, -0.1) is 0 Å². The molecule has 8 nitrogen and oxygen atoms in total. The van der Waals surface area contributed by atoms with Gasteiger partial charge in [0.15, 0.2) is 0 Å². The molecule has 116 valence electrons. The quantitative estimate of drug-likeness (QED) is 0.451. The standard InChI is InChI=1S/C12H18N4O4S/c1-8(2)20-12(17)16-21(18,19)15-10(11(13)14)9-6-4-3-5-7-9/h3-8,10,15H,1-2H3,(H3,13,14)(H,16,17). The number of hydrogen-bond acceptors (Lipinski definition) is 5. The molecule has 1 unspecified atom stereocenters. The monoisotopic (exact) mass is 314 g/mol. The van der Waals surface area contributed by atoms with Gasteiger partial charge in [0.2, 0.25) is 0 Å². The summed E-state index contributed by atoms with van der Waals surface area (Å²) in [6.07, 6.45) is -1.56. The Morgan fingerprint density at radius 2 is 1.86 bits per heavy atom. The van der Waals surface area contributed by atoms with Gasteiger partial charge in [0, 0.05) is 0 Å².